The third kappa shape index (κ3) is 35.8. The molecule has 0 unspecified atom stereocenters. The lowest BCUT2D eigenvalue weighted by atomic mass is 10.8. The first-order valence-corrected chi connectivity index (χ1v) is 4.23. The number of carbonyl (C=O) groups excluding carboxylic acids is 1. The topological polar surface area (TPSA) is 107 Å². The summed E-state index contributed by atoms with van der Waals surface area (Å²) in [6, 6.07) is -0.517. The monoisotopic (exact) mass is 208 g/mol. The van der Waals surface area contributed by atoms with Crippen LogP contribution in [0.3, 0.4) is 0 Å². The van der Waals surface area contributed by atoms with Gasteiger partial charge in [0, 0.05) is 5.75 Å². The molecule has 7 N–H and O–H groups in total. The molecule has 0 aliphatic heterocycles. The highest BCUT2D eigenvalue weighted by atomic mass is 32.2. The summed E-state index contributed by atoms with van der Waals surface area (Å²) in [7, 11) is 0. The van der Waals surface area contributed by atoms with Crippen molar-refractivity contribution in [2.75, 3.05) is 5.75 Å². The highest BCUT2D eigenvalue weighted by Gasteiger charge is 1.85. The Kier molecular flexibility index (Phi) is 11.4. The molecule has 0 saturated carbocycles. The van der Waals surface area contributed by atoms with E-state index in [-0.39, 0.29) is 5.11 Å². The van der Waals surface area contributed by atoms with E-state index in [2.05, 4.69) is 35.0 Å². The van der Waals surface area contributed by atoms with E-state index in [0.717, 1.165) is 0 Å². The SMILES string of the molecule is C=CCSNC(N)=O.NC(N)=S. The smallest absolute Gasteiger partial charge is 0.322 e. The quantitative estimate of drug-likeness (QED) is 0.220. The fraction of sp³-hybridized carbons (Fsp3) is 0.200. The average molecular weight is 208 g/mol. The molecule has 70 valence electrons. The number of amides is 2. The lowest BCUT2D eigenvalue weighted by Crippen LogP contribution is -2.23. The van der Waals surface area contributed by atoms with Gasteiger partial charge in [0.2, 0.25) is 0 Å². The molecule has 0 rings (SSSR count). The Hall–Kier alpha value is -0.950. The minimum atomic E-state index is -0.517. The molecule has 0 atom stereocenters. The molecule has 2 amide bonds. The van der Waals surface area contributed by atoms with Gasteiger partial charge in [-0.05, 0) is 24.2 Å². The molecule has 0 aromatic carbocycles. The third-order valence-electron chi connectivity index (χ3n) is 0.374. The molecule has 0 aromatic heterocycles. The van der Waals surface area contributed by atoms with Gasteiger partial charge in [0.25, 0.3) is 0 Å². The van der Waals surface area contributed by atoms with Crippen molar-refractivity contribution in [3.63, 3.8) is 0 Å². The van der Waals surface area contributed by atoms with Gasteiger partial charge in [-0.1, -0.05) is 6.08 Å². The van der Waals surface area contributed by atoms with Crippen LogP contribution in [0.2, 0.25) is 0 Å². The van der Waals surface area contributed by atoms with Gasteiger partial charge in [-0.25, -0.2) is 4.79 Å². The van der Waals surface area contributed by atoms with E-state index in [1.54, 1.807) is 6.08 Å². The zero-order valence-electron chi connectivity index (χ0n) is 6.45. The first kappa shape index (κ1) is 13.6. The maximum absolute atomic E-state index is 9.93. The van der Waals surface area contributed by atoms with Crippen LogP contribution in [-0.2, 0) is 0 Å². The second-order valence-corrected chi connectivity index (χ2v) is 2.77. The van der Waals surface area contributed by atoms with Crippen molar-refractivity contribution < 1.29 is 4.79 Å². The van der Waals surface area contributed by atoms with Crippen LogP contribution in [0.1, 0.15) is 0 Å². The number of primary amides is 1. The van der Waals surface area contributed by atoms with E-state index < -0.39 is 6.03 Å². The summed E-state index contributed by atoms with van der Waals surface area (Å²) in [5.74, 6) is 0.683. The van der Waals surface area contributed by atoms with E-state index in [0.29, 0.717) is 5.75 Å². The second kappa shape index (κ2) is 10.0. The van der Waals surface area contributed by atoms with E-state index in [4.69, 9.17) is 5.73 Å². The molecule has 0 fully saturated rings. The van der Waals surface area contributed by atoms with Gasteiger partial charge in [0.15, 0.2) is 5.11 Å². The fourth-order valence-electron chi connectivity index (χ4n) is 0.172. The van der Waals surface area contributed by atoms with Crippen molar-refractivity contribution in [1.82, 2.24) is 4.72 Å². The number of urea groups is 1. The highest BCUT2D eigenvalue weighted by Crippen LogP contribution is 1.89. The Morgan fingerprint density at radius 1 is 1.58 bits per heavy atom. The van der Waals surface area contributed by atoms with E-state index in [1.165, 1.54) is 11.9 Å². The van der Waals surface area contributed by atoms with Crippen LogP contribution in [0.5, 0.6) is 0 Å². The first-order valence-electron chi connectivity index (χ1n) is 2.83. The number of carbonyl (C=O) groups is 1. The average Bonchev–Trinajstić information content (AvgIpc) is 1.86. The Morgan fingerprint density at radius 2 is 2.00 bits per heavy atom. The standard InChI is InChI=1S/C4H8N2OS.CH4N2S/c1-2-3-8-6-4(5)7;2-1(3)4/h2H,1,3H2,(H3,5,6,7);(H4,2,3,4). The number of nitrogens with one attached hydrogen (secondary N) is 1. The third-order valence-corrected chi connectivity index (χ3v) is 1.12. The van der Waals surface area contributed by atoms with Crippen LogP contribution < -0.4 is 21.9 Å². The van der Waals surface area contributed by atoms with Crippen molar-refractivity contribution in [3.05, 3.63) is 12.7 Å². The molecule has 7 heteroatoms. The first-order chi connectivity index (χ1) is 5.50. The maximum atomic E-state index is 9.93. The van der Waals surface area contributed by atoms with Gasteiger partial charge in [0.05, 0.1) is 0 Å². The number of hydrogen-bond donors (Lipinski definition) is 4. The van der Waals surface area contributed by atoms with E-state index in [1.807, 2.05) is 0 Å². The summed E-state index contributed by atoms with van der Waals surface area (Å²) in [6.45, 7) is 3.44. The molecule has 0 spiro atoms. The predicted molar refractivity (Wildman–Crippen MR) is 56.3 cm³/mol. The molecule has 12 heavy (non-hydrogen) atoms. The molecule has 5 nitrogen and oxygen atoms in total. The van der Waals surface area contributed by atoms with Crippen molar-refractivity contribution in [2.24, 2.45) is 17.2 Å². The van der Waals surface area contributed by atoms with Crippen LogP contribution in [0.15, 0.2) is 12.7 Å². The Balaban J connectivity index is 0. The minimum Gasteiger partial charge on any atom is -0.377 e. The largest absolute Gasteiger partial charge is 0.377 e. The summed E-state index contributed by atoms with van der Waals surface area (Å²) in [5.41, 5.74) is 14.0. The fourth-order valence-corrected chi connectivity index (χ4v) is 0.515. The lowest BCUT2D eigenvalue weighted by molar-refractivity contribution is 0.254. The van der Waals surface area contributed by atoms with Crippen molar-refractivity contribution in [1.29, 1.82) is 0 Å². The zero-order chi connectivity index (χ0) is 9.98. The lowest BCUT2D eigenvalue weighted by Gasteiger charge is -1.93. The van der Waals surface area contributed by atoms with Gasteiger partial charge in [0.1, 0.15) is 0 Å². The van der Waals surface area contributed by atoms with Gasteiger partial charge in [-0.2, -0.15) is 0 Å². The van der Waals surface area contributed by atoms with Crippen molar-refractivity contribution >= 4 is 35.3 Å². The predicted octanol–water partition coefficient (Wildman–Crippen LogP) is -0.322. The number of hydrogen-bond acceptors (Lipinski definition) is 3. The summed E-state index contributed by atoms with van der Waals surface area (Å²) >= 11 is 5.31. The Labute approximate surface area is 80.9 Å². The molecule has 0 aliphatic rings. The van der Waals surface area contributed by atoms with Crippen LogP contribution in [-0.4, -0.2) is 16.9 Å². The highest BCUT2D eigenvalue weighted by molar-refractivity contribution is 7.98. The molecule has 0 aliphatic carbocycles. The summed E-state index contributed by atoms with van der Waals surface area (Å²) in [5, 5.41) is 0.000000000000000222. The number of thiocarbonyl (C=S) groups is 1. The van der Waals surface area contributed by atoms with E-state index in [9.17, 15) is 4.79 Å². The number of rotatable bonds is 3. The van der Waals surface area contributed by atoms with Crippen LogP contribution in [0, 0.1) is 0 Å². The zero-order valence-corrected chi connectivity index (χ0v) is 8.08. The molecule has 0 aromatic rings. The summed E-state index contributed by atoms with van der Waals surface area (Å²) in [4.78, 5) is 9.93. The van der Waals surface area contributed by atoms with Crippen LogP contribution >= 0.6 is 24.2 Å². The molecular formula is C5H12N4OS2. The van der Waals surface area contributed by atoms with Gasteiger partial charge in [-0.3, -0.25) is 4.72 Å². The molecule has 0 saturated heterocycles. The maximum Gasteiger partial charge on any atom is 0.322 e. The van der Waals surface area contributed by atoms with Crippen molar-refractivity contribution in [3.8, 4) is 0 Å². The summed E-state index contributed by atoms with van der Waals surface area (Å²) < 4.78 is 2.33. The molecule has 0 radical (unpaired) electrons. The molecule has 0 bridgehead atoms. The second-order valence-electron chi connectivity index (χ2n) is 1.47. The Morgan fingerprint density at radius 3 is 2.25 bits per heavy atom. The van der Waals surface area contributed by atoms with E-state index >= 15 is 0 Å². The minimum absolute atomic E-state index is 0.000000000000000222. The summed E-state index contributed by atoms with van der Waals surface area (Å²) in [6.07, 6.45) is 1.68. The Bertz CT molecular complexity index is 158. The van der Waals surface area contributed by atoms with Crippen LogP contribution in [0.4, 0.5) is 4.79 Å². The van der Waals surface area contributed by atoms with Crippen molar-refractivity contribution in [2.45, 2.75) is 0 Å². The number of nitrogens with two attached hydrogens (primary N) is 3. The van der Waals surface area contributed by atoms with Gasteiger partial charge >= 0.3 is 6.03 Å². The van der Waals surface area contributed by atoms with Gasteiger partial charge < -0.3 is 17.2 Å². The van der Waals surface area contributed by atoms with Crippen LogP contribution in [0.25, 0.3) is 0 Å². The normalized spacial score (nSPS) is 7.33. The van der Waals surface area contributed by atoms with Gasteiger partial charge in [-0.15, -0.1) is 6.58 Å². The molecule has 0 heterocycles. The molecular weight excluding hydrogens is 196 g/mol.